The van der Waals surface area contributed by atoms with E-state index in [1.807, 2.05) is 5.06 Å². The van der Waals surface area contributed by atoms with Gasteiger partial charge in [0.1, 0.15) is 0 Å². The first-order chi connectivity index (χ1) is 10.8. The third-order valence-corrected chi connectivity index (χ3v) is 3.91. The molecule has 1 aliphatic heterocycles. The Bertz CT molecular complexity index is 668. The molecule has 116 valence electrons. The highest BCUT2D eigenvalue weighted by molar-refractivity contribution is 5.83. The molecule has 0 unspecified atom stereocenters. The molecule has 0 fully saturated rings. The standard InChI is InChI=1S/C18H23N3O/c1-3-19-12-11-17-20-18(21(4-2)22-17)16-10-9-14-7-5-6-8-15(14)13-16/h5-10,13,18-19H,3-4,11-12H2,1-2H3/t18-/m1/s1. The molecule has 1 heterocycles. The summed E-state index contributed by atoms with van der Waals surface area (Å²) in [6, 6.07) is 14.9. The van der Waals surface area contributed by atoms with Crippen molar-refractivity contribution in [2.45, 2.75) is 26.4 Å². The van der Waals surface area contributed by atoms with Gasteiger partial charge in [0.05, 0.1) is 0 Å². The number of benzene rings is 2. The molecule has 0 bridgehead atoms. The quantitative estimate of drug-likeness (QED) is 0.829. The van der Waals surface area contributed by atoms with E-state index < -0.39 is 0 Å². The van der Waals surface area contributed by atoms with Gasteiger partial charge in [-0.2, -0.15) is 0 Å². The van der Waals surface area contributed by atoms with Crippen LogP contribution in [0.1, 0.15) is 32.0 Å². The van der Waals surface area contributed by atoms with E-state index >= 15 is 0 Å². The lowest BCUT2D eigenvalue weighted by Crippen LogP contribution is -2.24. The molecular weight excluding hydrogens is 274 g/mol. The maximum atomic E-state index is 5.88. The predicted octanol–water partition coefficient (Wildman–Crippen LogP) is 3.50. The van der Waals surface area contributed by atoms with Crippen molar-refractivity contribution in [2.24, 2.45) is 4.99 Å². The molecule has 0 spiro atoms. The van der Waals surface area contributed by atoms with Crippen LogP contribution in [0.2, 0.25) is 0 Å². The minimum atomic E-state index is -0.0359. The summed E-state index contributed by atoms with van der Waals surface area (Å²) in [5.74, 6) is 0.820. The SMILES string of the molecule is CCNCCC1=N[C@@H](c2ccc3ccccc3c2)N(CC)O1. The molecule has 4 nitrogen and oxygen atoms in total. The second kappa shape index (κ2) is 6.90. The van der Waals surface area contributed by atoms with Gasteiger partial charge in [0.2, 0.25) is 5.90 Å². The second-order valence-electron chi connectivity index (χ2n) is 5.43. The second-order valence-corrected chi connectivity index (χ2v) is 5.43. The summed E-state index contributed by atoms with van der Waals surface area (Å²) in [4.78, 5) is 10.6. The van der Waals surface area contributed by atoms with E-state index in [1.54, 1.807) is 0 Å². The van der Waals surface area contributed by atoms with Crippen LogP contribution in [-0.2, 0) is 4.84 Å². The molecular formula is C18H23N3O. The number of hydroxylamine groups is 2. The predicted molar refractivity (Wildman–Crippen MR) is 90.7 cm³/mol. The van der Waals surface area contributed by atoms with Crippen molar-refractivity contribution in [1.29, 1.82) is 0 Å². The van der Waals surface area contributed by atoms with Crippen LogP contribution in [0.15, 0.2) is 47.5 Å². The van der Waals surface area contributed by atoms with Gasteiger partial charge in [0.15, 0.2) is 6.17 Å². The highest BCUT2D eigenvalue weighted by Crippen LogP contribution is 2.30. The van der Waals surface area contributed by atoms with Crippen molar-refractivity contribution in [1.82, 2.24) is 10.4 Å². The number of rotatable bonds is 6. The summed E-state index contributed by atoms with van der Waals surface area (Å²) in [5, 5.41) is 7.75. The van der Waals surface area contributed by atoms with Crippen molar-refractivity contribution in [2.75, 3.05) is 19.6 Å². The average Bonchev–Trinajstić information content (AvgIpc) is 2.98. The minimum Gasteiger partial charge on any atom is -0.388 e. The van der Waals surface area contributed by atoms with Crippen LogP contribution in [0.4, 0.5) is 0 Å². The van der Waals surface area contributed by atoms with Crippen LogP contribution in [-0.4, -0.2) is 30.6 Å². The Morgan fingerprint density at radius 3 is 2.73 bits per heavy atom. The molecule has 22 heavy (non-hydrogen) atoms. The third kappa shape index (κ3) is 3.13. The summed E-state index contributed by atoms with van der Waals surface area (Å²) < 4.78 is 0. The molecule has 2 aromatic rings. The molecule has 0 amide bonds. The van der Waals surface area contributed by atoms with Gasteiger partial charge in [-0.05, 0) is 35.9 Å². The van der Waals surface area contributed by atoms with Crippen LogP contribution < -0.4 is 5.32 Å². The molecule has 1 atom stereocenters. The lowest BCUT2D eigenvalue weighted by atomic mass is 10.1. The monoisotopic (exact) mass is 297 g/mol. The van der Waals surface area contributed by atoms with E-state index in [1.165, 1.54) is 16.3 Å². The first-order valence-electron chi connectivity index (χ1n) is 8.02. The number of hydrogen-bond donors (Lipinski definition) is 1. The van der Waals surface area contributed by atoms with Gasteiger partial charge < -0.3 is 10.2 Å². The Balaban J connectivity index is 1.83. The highest BCUT2D eigenvalue weighted by Gasteiger charge is 2.28. The first-order valence-corrected chi connectivity index (χ1v) is 8.02. The molecule has 0 saturated carbocycles. The Hall–Kier alpha value is -1.91. The maximum Gasteiger partial charge on any atom is 0.213 e. The fourth-order valence-corrected chi connectivity index (χ4v) is 2.74. The normalized spacial score (nSPS) is 18.5. The zero-order chi connectivity index (χ0) is 15.4. The van der Waals surface area contributed by atoms with E-state index in [4.69, 9.17) is 9.83 Å². The number of nitrogens with one attached hydrogen (secondary N) is 1. The number of aliphatic imine (C=N–C) groups is 1. The zero-order valence-electron chi connectivity index (χ0n) is 13.2. The first kappa shape index (κ1) is 15.0. The van der Waals surface area contributed by atoms with Crippen LogP contribution in [0.3, 0.4) is 0 Å². The lowest BCUT2D eigenvalue weighted by molar-refractivity contribution is -0.0815. The topological polar surface area (TPSA) is 36.9 Å². The number of nitrogens with zero attached hydrogens (tertiary/aromatic N) is 2. The molecule has 4 heteroatoms. The maximum absolute atomic E-state index is 5.88. The Morgan fingerprint density at radius 2 is 1.95 bits per heavy atom. The van der Waals surface area contributed by atoms with Crippen molar-refractivity contribution in [3.8, 4) is 0 Å². The van der Waals surface area contributed by atoms with Crippen molar-refractivity contribution >= 4 is 16.7 Å². The number of hydrogen-bond acceptors (Lipinski definition) is 4. The van der Waals surface area contributed by atoms with Crippen LogP contribution in [0.5, 0.6) is 0 Å². The van der Waals surface area contributed by atoms with E-state index in [0.717, 1.165) is 32.0 Å². The van der Waals surface area contributed by atoms with E-state index in [9.17, 15) is 0 Å². The van der Waals surface area contributed by atoms with Gasteiger partial charge in [-0.15, -0.1) is 5.06 Å². The molecule has 0 aliphatic carbocycles. The van der Waals surface area contributed by atoms with Gasteiger partial charge in [0, 0.05) is 19.5 Å². The molecule has 0 aromatic heterocycles. The fourth-order valence-electron chi connectivity index (χ4n) is 2.74. The van der Waals surface area contributed by atoms with E-state index in [0.29, 0.717) is 0 Å². The van der Waals surface area contributed by atoms with E-state index in [2.05, 4.69) is 61.6 Å². The molecule has 1 aliphatic rings. The summed E-state index contributed by atoms with van der Waals surface area (Å²) in [6.07, 6.45) is 0.792. The zero-order valence-corrected chi connectivity index (χ0v) is 13.2. The van der Waals surface area contributed by atoms with Gasteiger partial charge in [-0.3, -0.25) is 0 Å². The number of fused-ring (bicyclic) bond motifs is 1. The van der Waals surface area contributed by atoms with Crippen LogP contribution >= 0.6 is 0 Å². The highest BCUT2D eigenvalue weighted by atomic mass is 16.7. The fraction of sp³-hybridized carbons (Fsp3) is 0.389. The summed E-state index contributed by atoms with van der Waals surface area (Å²) in [6.45, 7) is 6.88. The van der Waals surface area contributed by atoms with Crippen molar-refractivity contribution < 1.29 is 4.84 Å². The lowest BCUT2D eigenvalue weighted by Gasteiger charge is -2.20. The smallest absolute Gasteiger partial charge is 0.213 e. The van der Waals surface area contributed by atoms with Gasteiger partial charge in [-0.25, -0.2) is 4.99 Å². The van der Waals surface area contributed by atoms with Gasteiger partial charge >= 0.3 is 0 Å². The van der Waals surface area contributed by atoms with Crippen LogP contribution in [0.25, 0.3) is 10.8 Å². The molecule has 0 radical (unpaired) electrons. The minimum absolute atomic E-state index is 0.0359. The van der Waals surface area contributed by atoms with Gasteiger partial charge in [0.25, 0.3) is 0 Å². The molecule has 3 rings (SSSR count). The molecule has 0 saturated heterocycles. The Morgan fingerprint density at radius 1 is 1.14 bits per heavy atom. The molecule has 1 N–H and O–H groups in total. The Labute approximate surface area is 131 Å². The largest absolute Gasteiger partial charge is 0.388 e. The third-order valence-electron chi connectivity index (χ3n) is 3.91. The average molecular weight is 297 g/mol. The van der Waals surface area contributed by atoms with Crippen molar-refractivity contribution in [3.05, 3.63) is 48.0 Å². The molecule has 2 aromatic carbocycles. The van der Waals surface area contributed by atoms with E-state index in [-0.39, 0.29) is 6.17 Å². The summed E-state index contributed by atoms with van der Waals surface area (Å²) in [7, 11) is 0. The van der Waals surface area contributed by atoms with Gasteiger partial charge in [-0.1, -0.05) is 43.3 Å². The van der Waals surface area contributed by atoms with Crippen LogP contribution in [0, 0.1) is 0 Å². The summed E-state index contributed by atoms with van der Waals surface area (Å²) >= 11 is 0. The Kier molecular flexibility index (Phi) is 4.71. The van der Waals surface area contributed by atoms with Crippen molar-refractivity contribution in [3.63, 3.8) is 0 Å². The summed E-state index contributed by atoms with van der Waals surface area (Å²) in [5.41, 5.74) is 1.18.